The number of hydrogen-bond donors (Lipinski definition) is 2. The summed E-state index contributed by atoms with van der Waals surface area (Å²) in [5.74, 6) is 1.25. The Hall–Kier alpha value is -3.16. The summed E-state index contributed by atoms with van der Waals surface area (Å²) in [5.41, 5.74) is 2.51. The fraction of sp³-hybridized carbons (Fsp3) is 0.429. The Morgan fingerprint density at radius 2 is 1.93 bits per heavy atom. The van der Waals surface area contributed by atoms with E-state index in [2.05, 4.69) is 25.3 Å². The summed E-state index contributed by atoms with van der Waals surface area (Å²) in [6.45, 7) is 1.15. The topological polar surface area (TPSA) is 96.0 Å². The number of aromatic amines is 1. The van der Waals surface area contributed by atoms with Crippen molar-refractivity contribution in [2.24, 2.45) is 5.92 Å². The Labute approximate surface area is 168 Å². The van der Waals surface area contributed by atoms with Crippen LogP contribution in [0.4, 0.5) is 10.6 Å². The molecule has 8 heteroatoms. The number of fused-ring (bicyclic) bond motifs is 3. The summed E-state index contributed by atoms with van der Waals surface area (Å²) in [6.07, 6.45) is 7.07. The number of carbonyl (C=O) groups is 1. The molecule has 2 bridgehead atoms. The number of nitrogens with one attached hydrogen (secondary N) is 2. The van der Waals surface area contributed by atoms with Crippen molar-refractivity contribution >= 4 is 23.1 Å². The predicted octanol–water partition coefficient (Wildman–Crippen LogP) is 3.34. The van der Waals surface area contributed by atoms with Gasteiger partial charge >= 0.3 is 6.09 Å². The van der Waals surface area contributed by atoms with E-state index in [1.807, 2.05) is 35.2 Å². The molecular formula is C21H24N6O2. The number of aromatic nitrogens is 4. The Balaban J connectivity index is 1.18. The number of nitrogens with zero attached hydrogens (tertiary/aromatic N) is 4. The van der Waals surface area contributed by atoms with E-state index in [0.717, 1.165) is 54.8 Å². The van der Waals surface area contributed by atoms with Gasteiger partial charge in [-0.25, -0.2) is 19.7 Å². The van der Waals surface area contributed by atoms with Gasteiger partial charge in [-0.1, -0.05) is 30.3 Å². The summed E-state index contributed by atoms with van der Waals surface area (Å²) >= 11 is 0. The zero-order chi connectivity index (χ0) is 19.6. The first-order chi connectivity index (χ1) is 14.3. The first-order valence-electron chi connectivity index (χ1n) is 10.1. The largest absolute Gasteiger partial charge is 0.445 e. The second kappa shape index (κ2) is 7.69. The molecule has 8 nitrogen and oxygen atoms in total. The number of benzene rings is 1. The van der Waals surface area contributed by atoms with Crippen molar-refractivity contribution in [2.45, 2.75) is 44.4 Å². The smallest absolute Gasteiger partial charge is 0.410 e. The summed E-state index contributed by atoms with van der Waals surface area (Å²) in [4.78, 5) is 30.5. The van der Waals surface area contributed by atoms with E-state index in [0.29, 0.717) is 12.5 Å². The van der Waals surface area contributed by atoms with Crippen LogP contribution in [0, 0.1) is 5.92 Å². The van der Waals surface area contributed by atoms with E-state index in [1.165, 1.54) is 6.33 Å². The van der Waals surface area contributed by atoms with Gasteiger partial charge in [0.15, 0.2) is 11.5 Å². The number of H-pyrrole nitrogens is 1. The van der Waals surface area contributed by atoms with Crippen LogP contribution >= 0.6 is 0 Å². The van der Waals surface area contributed by atoms with Crippen LogP contribution in [0.5, 0.6) is 0 Å². The Morgan fingerprint density at radius 3 is 2.72 bits per heavy atom. The van der Waals surface area contributed by atoms with Crippen molar-refractivity contribution in [1.82, 2.24) is 24.8 Å². The van der Waals surface area contributed by atoms with Crippen LogP contribution in [-0.2, 0) is 11.3 Å². The van der Waals surface area contributed by atoms with Crippen molar-refractivity contribution in [3.05, 3.63) is 48.5 Å². The third-order valence-corrected chi connectivity index (χ3v) is 6.02. The van der Waals surface area contributed by atoms with E-state index in [-0.39, 0.29) is 18.2 Å². The monoisotopic (exact) mass is 392 g/mol. The molecule has 1 amide bonds. The molecule has 2 saturated heterocycles. The quantitative estimate of drug-likeness (QED) is 0.691. The van der Waals surface area contributed by atoms with Gasteiger partial charge in [-0.2, -0.15) is 0 Å². The molecule has 1 aromatic carbocycles. The van der Waals surface area contributed by atoms with Crippen LogP contribution in [0.25, 0.3) is 11.2 Å². The maximum absolute atomic E-state index is 12.7. The van der Waals surface area contributed by atoms with Gasteiger partial charge in [-0.3, -0.25) is 0 Å². The lowest BCUT2D eigenvalue weighted by Crippen LogP contribution is -2.47. The van der Waals surface area contributed by atoms with E-state index < -0.39 is 0 Å². The minimum Gasteiger partial charge on any atom is -0.445 e. The van der Waals surface area contributed by atoms with Gasteiger partial charge in [0.1, 0.15) is 18.5 Å². The molecule has 2 atom stereocenters. The zero-order valence-corrected chi connectivity index (χ0v) is 16.1. The summed E-state index contributed by atoms with van der Waals surface area (Å²) < 4.78 is 5.59. The van der Waals surface area contributed by atoms with E-state index in [1.54, 1.807) is 6.33 Å². The lowest BCUT2D eigenvalue weighted by atomic mass is 9.91. The van der Waals surface area contributed by atoms with Crippen LogP contribution in [-0.4, -0.2) is 49.6 Å². The van der Waals surface area contributed by atoms with E-state index in [4.69, 9.17) is 4.74 Å². The van der Waals surface area contributed by atoms with Crippen LogP contribution < -0.4 is 5.32 Å². The molecule has 4 heterocycles. The molecule has 0 aliphatic carbocycles. The highest BCUT2D eigenvalue weighted by Crippen LogP contribution is 2.39. The zero-order valence-electron chi connectivity index (χ0n) is 16.1. The molecule has 2 aromatic heterocycles. The van der Waals surface area contributed by atoms with Crippen molar-refractivity contribution in [3.8, 4) is 0 Å². The second-order valence-corrected chi connectivity index (χ2v) is 7.87. The molecule has 5 rings (SSSR count). The van der Waals surface area contributed by atoms with Gasteiger partial charge < -0.3 is 19.9 Å². The fourth-order valence-corrected chi connectivity index (χ4v) is 4.68. The van der Waals surface area contributed by atoms with Crippen LogP contribution in [0.15, 0.2) is 43.0 Å². The number of ether oxygens (including phenoxy) is 1. The normalized spacial score (nSPS) is 23.3. The third kappa shape index (κ3) is 3.62. The molecule has 150 valence electrons. The van der Waals surface area contributed by atoms with Gasteiger partial charge in [-0.15, -0.1) is 0 Å². The number of hydrogen-bond acceptors (Lipinski definition) is 6. The number of piperidine rings is 1. The van der Waals surface area contributed by atoms with Gasteiger partial charge in [0.25, 0.3) is 0 Å². The number of amides is 1. The average molecular weight is 392 g/mol. The lowest BCUT2D eigenvalue weighted by Gasteiger charge is -2.38. The Bertz CT molecular complexity index is 977. The van der Waals surface area contributed by atoms with E-state index in [9.17, 15) is 4.79 Å². The average Bonchev–Trinajstić information content (AvgIpc) is 3.34. The van der Waals surface area contributed by atoms with Gasteiger partial charge in [0.2, 0.25) is 0 Å². The molecule has 2 N–H and O–H groups in total. The van der Waals surface area contributed by atoms with Crippen LogP contribution in [0.1, 0.15) is 31.2 Å². The maximum Gasteiger partial charge on any atom is 0.410 e. The molecular weight excluding hydrogens is 368 g/mol. The van der Waals surface area contributed by atoms with Crippen molar-refractivity contribution in [3.63, 3.8) is 0 Å². The third-order valence-electron chi connectivity index (χ3n) is 6.02. The van der Waals surface area contributed by atoms with Gasteiger partial charge in [0, 0.05) is 18.6 Å². The first kappa shape index (κ1) is 17.9. The van der Waals surface area contributed by atoms with Gasteiger partial charge in [-0.05, 0) is 37.2 Å². The summed E-state index contributed by atoms with van der Waals surface area (Å²) in [7, 11) is 0. The van der Waals surface area contributed by atoms with Crippen LogP contribution in [0.2, 0.25) is 0 Å². The molecule has 2 aliphatic rings. The number of anilines is 1. The Morgan fingerprint density at radius 1 is 1.14 bits per heavy atom. The van der Waals surface area contributed by atoms with Crippen molar-refractivity contribution in [2.75, 3.05) is 11.9 Å². The number of rotatable bonds is 5. The summed E-state index contributed by atoms with van der Waals surface area (Å²) in [6, 6.07) is 10.4. The Kier molecular flexibility index (Phi) is 4.75. The lowest BCUT2D eigenvalue weighted by molar-refractivity contribution is 0.0546. The van der Waals surface area contributed by atoms with Crippen LogP contribution in [0.3, 0.4) is 0 Å². The highest BCUT2D eigenvalue weighted by Gasteiger charge is 2.43. The predicted molar refractivity (Wildman–Crippen MR) is 108 cm³/mol. The molecule has 2 fully saturated rings. The SMILES string of the molecule is O=C(OCc1ccccc1)N1C2CCC1CC(CNc1ncnc3[nH]cnc13)C2. The fourth-order valence-electron chi connectivity index (χ4n) is 4.68. The molecule has 2 aliphatic heterocycles. The highest BCUT2D eigenvalue weighted by atomic mass is 16.6. The standard InChI is InChI=1S/C21H24N6O2/c28-21(29-11-14-4-2-1-3-5-14)27-16-6-7-17(27)9-15(8-16)10-22-19-18-20(24-12-23-18)26-13-25-19/h1-5,12-13,15-17H,6-11H2,(H2,22,23,24,25,26). The van der Waals surface area contributed by atoms with Crippen molar-refractivity contribution in [1.29, 1.82) is 0 Å². The number of imidazole rings is 1. The molecule has 29 heavy (non-hydrogen) atoms. The van der Waals surface area contributed by atoms with Gasteiger partial charge in [0.05, 0.1) is 6.33 Å². The number of carbonyl (C=O) groups excluding carboxylic acids is 1. The molecule has 0 radical (unpaired) electrons. The molecule has 3 aromatic rings. The summed E-state index contributed by atoms with van der Waals surface area (Å²) in [5, 5.41) is 3.43. The minimum atomic E-state index is -0.179. The molecule has 0 saturated carbocycles. The second-order valence-electron chi connectivity index (χ2n) is 7.87. The first-order valence-corrected chi connectivity index (χ1v) is 10.1. The maximum atomic E-state index is 12.7. The molecule has 2 unspecified atom stereocenters. The minimum absolute atomic E-state index is 0.179. The molecule has 0 spiro atoms. The highest BCUT2D eigenvalue weighted by molar-refractivity contribution is 5.81. The van der Waals surface area contributed by atoms with Crippen molar-refractivity contribution < 1.29 is 9.53 Å². The van der Waals surface area contributed by atoms with E-state index >= 15 is 0 Å².